The van der Waals surface area contributed by atoms with Crippen molar-refractivity contribution in [2.24, 2.45) is 0 Å². The summed E-state index contributed by atoms with van der Waals surface area (Å²) < 4.78 is 2.98. The topological polar surface area (TPSA) is 89.5 Å². The normalized spacial score (nSPS) is 14.8. The van der Waals surface area contributed by atoms with Gasteiger partial charge in [0, 0.05) is 24.1 Å². The molecule has 1 aromatic carbocycles. The number of carbonyl (C=O) groups is 1. The Hall–Kier alpha value is -2.74. The van der Waals surface area contributed by atoms with Crippen LogP contribution in [-0.2, 0) is 0 Å². The lowest BCUT2D eigenvalue weighted by Gasteiger charge is -2.13. The molecule has 1 saturated carbocycles. The molecule has 28 heavy (non-hydrogen) atoms. The monoisotopic (exact) mass is 442 g/mol. The first-order chi connectivity index (χ1) is 13.3. The van der Waals surface area contributed by atoms with E-state index in [0.29, 0.717) is 11.6 Å². The van der Waals surface area contributed by atoms with Crippen LogP contribution in [0.2, 0.25) is 0 Å². The summed E-state index contributed by atoms with van der Waals surface area (Å²) in [5, 5.41) is 14.5. The molecule has 4 rings (SSSR count). The molecule has 1 fully saturated rings. The van der Waals surface area contributed by atoms with E-state index >= 15 is 0 Å². The summed E-state index contributed by atoms with van der Waals surface area (Å²) in [5.74, 6) is 0.311. The van der Waals surface area contributed by atoms with Crippen molar-refractivity contribution < 1.29 is 9.72 Å². The van der Waals surface area contributed by atoms with Gasteiger partial charge in [0.05, 0.1) is 26.7 Å². The molecule has 0 spiro atoms. The van der Waals surface area contributed by atoms with Gasteiger partial charge in [-0.15, -0.1) is 0 Å². The van der Waals surface area contributed by atoms with Gasteiger partial charge in [-0.05, 0) is 72.3 Å². The summed E-state index contributed by atoms with van der Waals surface area (Å²) in [4.78, 5) is 27.0. The van der Waals surface area contributed by atoms with Gasteiger partial charge >= 0.3 is 0 Å². The van der Waals surface area contributed by atoms with Crippen LogP contribution < -0.4 is 5.32 Å². The predicted molar refractivity (Wildman–Crippen MR) is 110 cm³/mol. The van der Waals surface area contributed by atoms with E-state index in [1.807, 2.05) is 17.5 Å². The number of hydrogen-bond donors (Lipinski definition) is 1. The Bertz CT molecular complexity index is 1100. The standard InChI is InChI=1S/C20H19BrN4O3/c1-11(22-15-5-6-16(12(2)26)19(8-15)25(27)28)18-10-24-9-14(13-3-4-13)7-17(21)20(24)23-18/h5-11,13,22H,3-4H2,1-2H3/t11-/m1/s1. The summed E-state index contributed by atoms with van der Waals surface area (Å²) in [5.41, 5.74) is 3.44. The van der Waals surface area contributed by atoms with Crippen LogP contribution in [0.25, 0.3) is 5.65 Å². The molecular formula is C20H19BrN4O3. The zero-order valence-electron chi connectivity index (χ0n) is 15.5. The van der Waals surface area contributed by atoms with Crippen molar-refractivity contribution in [2.75, 3.05) is 5.32 Å². The first-order valence-electron chi connectivity index (χ1n) is 9.07. The Kier molecular flexibility index (Phi) is 4.66. The molecule has 1 N–H and O–H groups in total. The molecule has 2 heterocycles. The van der Waals surface area contributed by atoms with Crippen molar-refractivity contribution in [3.05, 3.63) is 68.1 Å². The highest BCUT2D eigenvalue weighted by molar-refractivity contribution is 9.10. The van der Waals surface area contributed by atoms with Crippen LogP contribution in [0.4, 0.5) is 11.4 Å². The van der Waals surface area contributed by atoms with E-state index < -0.39 is 4.92 Å². The number of imidazole rings is 1. The first-order valence-corrected chi connectivity index (χ1v) is 9.86. The Morgan fingerprint density at radius 2 is 2.11 bits per heavy atom. The molecule has 3 aromatic rings. The zero-order chi connectivity index (χ0) is 20.0. The van der Waals surface area contributed by atoms with E-state index in [4.69, 9.17) is 4.98 Å². The van der Waals surface area contributed by atoms with E-state index in [1.54, 1.807) is 6.07 Å². The molecule has 0 amide bonds. The molecule has 0 bridgehead atoms. The number of nitro groups is 1. The number of rotatable bonds is 6. The first kappa shape index (κ1) is 18.6. The molecule has 0 saturated heterocycles. The smallest absolute Gasteiger partial charge is 0.282 e. The van der Waals surface area contributed by atoms with E-state index in [0.717, 1.165) is 15.8 Å². The maximum absolute atomic E-state index is 11.6. The fraction of sp³-hybridized carbons (Fsp3) is 0.300. The minimum atomic E-state index is -0.534. The molecule has 7 nitrogen and oxygen atoms in total. The molecule has 0 aliphatic heterocycles. The van der Waals surface area contributed by atoms with Crippen molar-refractivity contribution in [3.8, 4) is 0 Å². The van der Waals surface area contributed by atoms with Crippen molar-refractivity contribution in [1.29, 1.82) is 0 Å². The molecule has 0 radical (unpaired) electrons. The van der Waals surface area contributed by atoms with Crippen LogP contribution in [0.15, 0.2) is 41.1 Å². The average molecular weight is 443 g/mol. The van der Waals surface area contributed by atoms with Crippen molar-refractivity contribution in [1.82, 2.24) is 9.38 Å². The lowest BCUT2D eigenvalue weighted by Crippen LogP contribution is -2.08. The van der Waals surface area contributed by atoms with Crippen LogP contribution in [-0.4, -0.2) is 20.1 Å². The fourth-order valence-electron chi connectivity index (χ4n) is 3.34. The number of anilines is 1. The number of benzene rings is 1. The van der Waals surface area contributed by atoms with Crippen LogP contribution in [0, 0.1) is 10.1 Å². The van der Waals surface area contributed by atoms with Gasteiger partial charge < -0.3 is 9.72 Å². The van der Waals surface area contributed by atoms with Gasteiger partial charge in [0.15, 0.2) is 11.4 Å². The highest BCUT2D eigenvalue weighted by atomic mass is 79.9. The lowest BCUT2D eigenvalue weighted by atomic mass is 10.1. The number of pyridine rings is 1. The summed E-state index contributed by atoms with van der Waals surface area (Å²) in [6.45, 7) is 3.27. The maximum Gasteiger partial charge on any atom is 0.282 e. The fourth-order valence-corrected chi connectivity index (χ4v) is 3.90. The van der Waals surface area contributed by atoms with Crippen LogP contribution in [0.3, 0.4) is 0 Å². The minimum absolute atomic E-state index is 0.104. The number of nitro benzene ring substituents is 1. The number of fused-ring (bicyclic) bond motifs is 1. The molecule has 1 aliphatic rings. The van der Waals surface area contributed by atoms with Crippen molar-refractivity contribution in [2.45, 2.75) is 38.6 Å². The van der Waals surface area contributed by atoms with Gasteiger partial charge in [-0.2, -0.15) is 0 Å². The Morgan fingerprint density at radius 1 is 1.36 bits per heavy atom. The zero-order valence-corrected chi connectivity index (χ0v) is 17.1. The molecule has 144 valence electrons. The quantitative estimate of drug-likeness (QED) is 0.319. The van der Waals surface area contributed by atoms with Gasteiger partial charge in [-0.3, -0.25) is 14.9 Å². The number of halogens is 1. The molecular weight excluding hydrogens is 424 g/mol. The van der Waals surface area contributed by atoms with Crippen LogP contribution >= 0.6 is 15.9 Å². The third-order valence-electron chi connectivity index (χ3n) is 5.00. The number of nitrogens with zero attached hydrogens (tertiary/aromatic N) is 3. The molecule has 1 atom stereocenters. The summed E-state index contributed by atoms with van der Waals surface area (Å²) in [6, 6.07) is 6.52. The lowest BCUT2D eigenvalue weighted by molar-refractivity contribution is -0.385. The molecule has 2 aromatic heterocycles. The van der Waals surface area contributed by atoms with E-state index in [1.165, 1.54) is 37.5 Å². The third-order valence-corrected chi connectivity index (χ3v) is 5.58. The van der Waals surface area contributed by atoms with Gasteiger partial charge in [0.2, 0.25) is 0 Å². The SMILES string of the molecule is CC(=O)c1ccc(N[C@H](C)c2cn3cc(C4CC4)cc(Br)c3n2)cc1[N+](=O)[O-]. The second-order valence-electron chi connectivity index (χ2n) is 7.20. The average Bonchev–Trinajstić information content (AvgIpc) is 3.40. The van der Waals surface area contributed by atoms with E-state index in [9.17, 15) is 14.9 Å². The Labute approximate surface area is 170 Å². The highest BCUT2D eigenvalue weighted by Crippen LogP contribution is 2.41. The van der Waals surface area contributed by atoms with E-state index in [-0.39, 0.29) is 23.1 Å². The van der Waals surface area contributed by atoms with Crippen molar-refractivity contribution >= 4 is 38.7 Å². The number of ketones is 1. The minimum Gasteiger partial charge on any atom is -0.377 e. The van der Waals surface area contributed by atoms with Crippen LogP contribution in [0.5, 0.6) is 0 Å². The highest BCUT2D eigenvalue weighted by Gasteiger charge is 2.25. The van der Waals surface area contributed by atoms with Crippen molar-refractivity contribution in [3.63, 3.8) is 0 Å². The predicted octanol–water partition coefficient (Wildman–Crippen LogP) is 5.26. The largest absolute Gasteiger partial charge is 0.377 e. The number of carbonyl (C=O) groups excluding carboxylic acids is 1. The molecule has 0 unspecified atom stereocenters. The number of Topliss-reactive ketones (excluding diaryl/α,β-unsaturated/α-hetero) is 1. The van der Waals surface area contributed by atoms with Gasteiger partial charge in [-0.25, -0.2) is 4.98 Å². The molecule has 1 aliphatic carbocycles. The van der Waals surface area contributed by atoms with Gasteiger partial charge in [-0.1, -0.05) is 0 Å². The Morgan fingerprint density at radius 3 is 2.75 bits per heavy atom. The Balaban J connectivity index is 1.62. The third kappa shape index (κ3) is 3.52. The van der Waals surface area contributed by atoms with Crippen LogP contribution in [0.1, 0.15) is 60.3 Å². The number of hydrogen-bond acceptors (Lipinski definition) is 5. The van der Waals surface area contributed by atoms with Gasteiger partial charge in [0.1, 0.15) is 0 Å². The number of nitrogens with one attached hydrogen (secondary N) is 1. The van der Waals surface area contributed by atoms with Gasteiger partial charge in [0.25, 0.3) is 5.69 Å². The summed E-state index contributed by atoms with van der Waals surface area (Å²) in [6.07, 6.45) is 6.55. The summed E-state index contributed by atoms with van der Waals surface area (Å²) >= 11 is 3.61. The maximum atomic E-state index is 11.6. The second kappa shape index (κ2) is 7.01. The summed E-state index contributed by atoms with van der Waals surface area (Å²) in [7, 11) is 0. The second-order valence-corrected chi connectivity index (χ2v) is 8.06. The van der Waals surface area contributed by atoms with E-state index in [2.05, 4.69) is 33.5 Å². The molecule has 8 heteroatoms. The number of aromatic nitrogens is 2.